The van der Waals surface area contributed by atoms with E-state index < -0.39 is 0 Å². The van der Waals surface area contributed by atoms with E-state index in [4.69, 9.17) is 15.4 Å². The molecule has 0 unspecified atom stereocenters. The number of anilines is 1. The molecule has 1 aromatic heterocycles. The lowest BCUT2D eigenvalue weighted by Crippen LogP contribution is -2.32. The molecule has 5 nitrogen and oxygen atoms in total. The molecule has 2 aromatic rings. The maximum atomic E-state index is 12.6. The Bertz CT molecular complexity index is 657. The first-order chi connectivity index (χ1) is 10.1. The summed E-state index contributed by atoms with van der Waals surface area (Å²) in [6.07, 6.45) is 1.82. The fraction of sp³-hybridized carbons (Fsp3) is 0.250. The molecule has 5 heteroatoms. The minimum Gasteiger partial charge on any atom is -0.467 e. The Balaban J connectivity index is 2.25. The van der Waals surface area contributed by atoms with E-state index in [0.29, 0.717) is 30.1 Å². The van der Waals surface area contributed by atoms with E-state index in [9.17, 15) is 4.79 Å². The third-order valence-electron chi connectivity index (χ3n) is 3.26. The van der Waals surface area contributed by atoms with Crippen LogP contribution in [0.15, 0.2) is 41.0 Å². The number of nitrogen functional groups attached to an aromatic ring is 1. The first-order valence-corrected chi connectivity index (χ1v) is 6.67. The van der Waals surface area contributed by atoms with Gasteiger partial charge in [0.05, 0.1) is 30.9 Å². The Morgan fingerprint density at radius 2 is 2.19 bits per heavy atom. The highest BCUT2D eigenvalue weighted by Gasteiger charge is 2.19. The first-order valence-electron chi connectivity index (χ1n) is 6.67. The number of furan rings is 1. The fourth-order valence-electron chi connectivity index (χ4n) is 2.07. The van der Waals surface area contributed by atoms with Crippen LogP contribution in [0.5, 0.6) is 0 Å². The molecular formula is C16H17N3O2. The summed E-state index contributed by atoms with van der Waals surface area (Å²) in [5.74, 6) is 0.482. The van der Waals surface area contributed by atoms with E-state index in [2.05, 4.69) is 6.07 Å². The molecule has 2 rings (SSSR count). The summed E-state index contributed by atoms with van der Waals surface area (Å²) in [5, 5.41) is 8.76. The van der Waals surface area contributed by atoms with Gasteiger partial charge in [-0.25, -0.2) is 0 Å². The largest absolute Gasteiger partial charge is 0.467 e. The Hall–Kier alpha value is -2.74. The fourth-order valence-corrected chi connectivity index (χ4v) is 2.07. The molecule has 0 spiro atoms. The summed E-state index contributed by atoms with van der Waals surface area (Å²) in [7, 11) is 0. The molecule has 0 fully saturated rings. The van der Waals surface area contributed by atoms with Gasteiger partial charge in [-0.05, 0) is 30.7 Å². The Kier molecular flexibility index (Phi) is 4.62. The number of nitrogens with two attached hydrogens (primary N) is 1. The van der Waals surface area contributed by atoms with Gasteiger partial charge in [0.1, 0.15) is 5.76 Å². The van der Waals surface area contributed by atoms with Crippen molar-refractivity contribution in [2.75, 3.05) is 12.3 Å². The predicted molar refractivity (Wildman–Crippen MR) is 79.3 cm³/mol. The number of para-hydroxylation sites is 1. The molecule has 0 saturated heterocycles. The molecule has 1 aromatic carbocycles. The average molecular weight is 283 g/mol. The zero-order valence-electron chi connectivity index (χ0n) is 11.9. The molecule has 0 atom stereocenters. The second-order valence-electron chi connectivity index (χ2n) is 4.75. The van der Waals surface area contributed by atoms with Crippen LogP contribution in [0.25, 0.3) is 0 Å². The van der Waals surface area contributed by atoms with Crippen LogP contribution in [-0.2, 0) is 6.54 Å². The van der Waals surface area contributed by atoms with Gasteiger partial charge in [-0.2, -0.15) is 5.26 Å². The summed E-state index contributed by atoms with van der Waals surface area (Å²) >= 11 is 0. The van der Waals surface area contributed by atoms with Crippen LogP contribution in [0.2, 0.25) is 0 Å². The Labute approximate surface area is 123 Å². The van der Waals surface area contributed by atoms with E-state index in [0.717, 1.165) is 5.56 Å². The summed E-state index contributed by atoms with van der Waals surface area (Å²) in [4.78, 5) is 14.2. The highest BCUT2D eigenvalue weighted by Crippen LogP contribution is 2.19. The van der Waals surface area contributed by atoms with Crippen LogP contribution in [0.4, 0.5) is 5.69 Å². The van der Waals surface area contributed by atoms with Gasteiger partial charge < -0.3 is 15.1 Å². The number of carbonyl (C=O) groups is 1. The number of nitrogens with zero attached hydrogens (tertiary/aromatic N) is 2. The van der Waals surface area contributed by atoms with Crippen molar-refractivity contribution in [3.63, 3.8) is 0 Å². The van der Waals surface area contributed by atoms with Crippen molar-refractivity contribution in [2.24, 2.45) is 0 Å². The van der Waals surface area contributed by atoms with E-state index >= 15 is 0 Å². The van der Waals surface area contributed by atoms with Gasteiger partial charge in [0.25, 0.3) is 5.91 Å². The van der Waals surface area contributed by atoms with E-state index in [1.807, 2.05) is 13.0 Å². The standard InChI is InChI=1S/C16H17N3O2/c1-12-5-2-7-14(15(12)18)16(20)19(9-4-8-17)11-13-6-3-10-21-13/h2-3,5-7,10H,4,9,11,18H2,1H3. The lowest BCUT2D eigenvalue weighted by atomic mass is 10.1. The minimum atomic E-state index is -0.192. The van der Waals surface area contributed by atoms with Crippen LogP contribution < -0.4 is 5.73 Å². The first kappa shape index (κ1) is 14.7. The van der Waals surface area contributed by atoms with Crippen molar-refractivity contribution in [3.05, 3.63) is 53.5 Å². The van der Waals surface area contributed by atoms with Crippen LogP contribution in [0.3, 0.4) is 0 Å². The normalized spacial score (nSPS) is 10.1. The molecule has 1 heterocycles. The van der Waals surface area contributed by atoms with Gasteiger partial charge in [-0.15, -0.1) is 0 Å². The van der Waals surface area contributed by atoms with Gasteiger partial charge in [0.2, 0.25) is 0 Å². The van der Waals surface area contributed by atoms with Crippen molar-refractivity contribution >= 4 is 11.6 Å². The lowest BCUT2D eigenvalue weighted by molar-refractivity contribution is 0.0736. The van der Waals surface area contributed by atoms with Crippen LogP contribution in [0, 0.1) is 18.3 Å². The maximum Gasteiger partial charge on any atom is 0.256 e. The third kappa shape index (κ3) is 3.42. The van der Waals surface area contributed by atoms with Gasteiger partial charge in [-0.3, -0.25) is 4.79 Å². The molecule has 21 heavy (non-hydrogen) atoms. The van der Waals surface area contributed by atoms with Gasteiger partial charge in [0.15, 0.2) is 0 Å². The molecule has 108 valence electrons. The number of rotatable bonds is 5. The molecule has 0 radical (unpaired) electrons. The van der Waals surface area contributed by atoms with Gasteiger partial charge in [0, 0.05) is 12.2 Å². The number of carbonyl (C=O) groups excluding carboxylic acids is 1. The van der Waals surface area contributed by atoms with E-state index in [1.165, 1.54) is 0 Å². The number of hydrogen-bond acceptors (Lipinski definition) is 4. The minimum absolute atomic E-state index is 0.192. The smallest absolute Gasteiger partial charge is 0.256 e. The number of nitriles is 1. The van der Waals surface area contributed by atoms with Crippen molar-refractivity contribution in [2.45, 2.75) is 19.9 Å². The summed E-state index contributed by atoms with van der Waals surface area (Å²) < 4.78 is 5.28. The zero-order valence-corrected chi connectivity index (χ0v) is 11.9. The number of hydrogen-bond donors (Lipinski definition) is 1. The van der Waals surface area contributed by atoms with Crippen LogP contribution >= 0.6 is 0 Å². The molecule has 0 saturated carbocycles. The second-order valence-corrected chi connectivity index (χ2v) is 4.75. The Morgan fingerprint density at radius 3 is 2.86 bits per heavy atom. The van der Waals surface area contributed by atoms with E-state index in [-0.39, 0.29) is 12.3 Å². The van der Waals surface area contributed by atoms with Crippen molar-refractivity contribution < 1.29 is 9.21 Å². The second kappa shape index (κ2) is 6.62. The lowest BCUT2D eigenvalue weighted by Gasteiger charge is -2.21. The molecule has 0 aliphatic carbocycles. The number of benzene rings is 1. The summed E-state index contributed by atoms with van der Waals surface area (Å²) in [5.41, 5.74) is 7.78. The van der Waals surface area contributed by atoms with Crippen LogP contribution in [-0.4, -0.2) is 17.4 Å². The quantitative estimate of drug-likeness (QED) is 0.855. The maximum absolute atomic E-state index is 12.6. The molecular weight excluding hydrogens is 266 g/mol. The highest BCUT2D eigenvalue weighted by molar-refractivity contribution is 5.99. The monoisotopic (exact) mass is 283 g/mol. The topological polar surface area (TPSA) is 83.3 Å². The zero-order chi connectivity index (χ0) is 15.2. The van der Waals surface area contributed by atoms with Crippen molar-refractivity contribution in [1.29, 1.82) is 5.26 Å². The SMILES string of the molecule is Cc1cccc(C(=O)N(CCC#N)Cc2ccco2)c1N. The van der Waals surface area contributed by atoms with Gasteiger partial charge >= 0.3 is 0 Å². The van der Waals surface area contributed by atoms with E-state index in [1.54, 1.807) is 35.4 Å². The highest BCUT2D eigenvalue weighted by atomic mass is 16.3. The molecule has 1 amide bonds. The summed E-state index contributed by atoms with van der Waals surface area (Å²) in [6.45, 7) is 2.52. The van der Waals surface area contributed by atoms with Crippen LogP contribution in [0.1, 0.15) is 28.1 Å². The van der Waals surface area contributed by atoms with Crippen molar-refractivity contribution in [3.8, 4) is 6.07 Å². The molecule has 0 aliphatic rings. The van der Waals surface area contributed by atoms with Crippen molar-refractivity contribution in [1.82, 2.24) is 4.90 Å². The predicted octanol–water partition coefficient (Wildman–Crippen LogP) is 2.73. The number of aryl methyl sites for hydroxylation is 1. The average Bonchev–Trinajstić information content (AvgIpc) is 2.98. The molecule has 0 aliphatic heterocycles. The van der Waals surface area contributed by atoms with Gasteiger partial charge in [-0.1, -0.05) is 12.1 Å². The summed E-state index contributed by atoms with van der Waals surface area (Å²) in [6, 6.07) is 11.0. The number of amides is 1. The molecule has 2 N–H and O–H groups in total. The third-order valence-corrected chi connectivity index (χ3v) is 3.26. The molecule has 0 bridgehead atoms. The Morgan fingerprint density at radius 1 is 1.38 bits per heavy atom.